The molecule has 0 radical (unpaired) electrons. The van der Waals surface area contributed by atoms with Crippen molar-refractivity contribution >= 4 is 6.03 Å². The predicted molar refractivity (Wildman–Crippen MR) is 114 cm³/mol. The zero-order valence-corrected chi connectivity index (χ0v) is 16.3. The number of carbonyl (C=O) groups excluding carboxylic acids is 1. The second kappa shape index (κ2) is 8.35. The molecule has 0 atom stereocenters. The average Bonchev–Trinajstić information content (AvgIpc) is 3.55. The second-order valence-corrected chi connectivity index (χ2v) is 7.67. The van der Waals surface area contributed by atoms with Crippen LogP contribution >= 0.6 is 0 Å². The molecule has 1 aliphatic rings. The van der Waals surface area contributed by atoms with Crippen molar-refractivity contribution in [2.45, 2.75) is 31.3 Å². The van der Waals surface area contributed by atoms with Gasteiger partial charge in [0.15, 0.2) is 0 Å². The van der Waals surface area contributed by atoms with Crippen LogP contribution in [0.2, 0.25) is 0 Å². The summed E-state index contributed by atoms with van der Waals surface area (Å²) >= 11 is 0. The second-order valence-electron chi connectivity index (χ2n) is 7.67. The van der Waals surface area contributed by atoms with Crippen molar-refractivity contribution < 1.29 is 4.79 Å². The maximum atomic E-state index is 12.2. The number of hydrogen-bond donors (Lipinski definition) is 2. The van der Waals surface area contributed by atoms with Crippen LogP contribution in [-0.4, -0.2) is 17.1 Å². The van der Waals surface area contributed by atoms with Gasteiger partial charge in [0, 0.05) is 30.8 Å². The van der Waals surface area contributed by atoms with Gasteiger partial charge in [-0.25, -0.2) is 4.79 Å². The van der Waals surface area contributed by atoms with E-state index in [2.05, 4.69) is 22.8 Å². The number of nitrogens with zero attached hydrogens (tertiary/aromatic N) is 1. The number of pyridine rings is 1. The fourth-order valence-corrected chi connectivity index (χ4v) is 3.55. The fourth-order valence-electron chi connectivity index (χ4n) is 3.55. The molecule has 4 rings (SSSR count). The lowest BCUT2D eigenvalue weighted by atomic mass is 9.96. The van der Waals surface area contributed by atoms with Gasteiger partial charge in [-0.15, -0.1) is 0 Å². The number of nitrogens with one attached hydrogen (secondary N) is 2. The Morgan fingerprint density at radius 1 is 0.862 bits per heavy atom. The van der Waals surface area contributed by atoms with Crippen LogP contribution in [0.25, 0.3) is 0 Å². The number of aromatic nitrogens is 1. The van der Waals surface area contributed by atoms with Crippen LogP contribution in [0.5, 0.6) is 0 Å². The summed E-state index contributed by atoms with van der Waals surface area (Å²) in [4.78, 5) is 24.0. The highest BCUT2D eigenvalue weighted by atomic mass is 16.2. The van der Waals surface area contributed by atoms with Crippen LogP contribution in [-0.2, 0) is 18.5 Å². The lowest BCUT2D eigenvalue weighted by Crippen LogP contribution is -2.39. The average molecular weight is 387 g/mol. The van der Waals surface area contributed by atoms with Crippen molar-refractivity contribution in [1.82, 2.24) is 15.2 Å². The summed E-state index contributed by atoms with van der Waals surface area (Å²) in [6, 6.07) is 23.3. The van der Waals surface area contributed by atoms with Gasteiger partial charge in [-0.3, -0.25) is 4.79 Å². The SMILES string of the molecule is O=C(NCc1ccc(Cn2ccccc2=O)cc1)NCC1(c2ccccc2)CC1. The third kappa shape index (κ3) is 4.74. The smallest absolute Gasteiger partial charge is 0.315 e. The topological polar surface area (TPSA) is 63.1 Å². The number of hydrogen-bond acceptors (Lipinski definition) is 2. The van der Waals surface area contributed by atoms with Crippen LogP contribution < -0.4 is 16.2 Å². The highest BCUT2D eigenvalue weighted by Crippen LogP contribution is 2.47. The molecule has 0 aliphatic heterocycles. The van der Waals surface area contributed by atoms with Crippen LogP contribution in [0.15, 0.2) is 83.8 Å². The zero-order valence-electron chi connectivity index (χ0n) is 16.3. The number of benzene rings is 2. The van der Waals surface area contributed by atoms with Crippen molar-refractivity contribution in [3.05, 3.63) is 106 Å². The third-order valence-corrected chi connectivity index (χ3v) is 5.56. The van der Waals surface area contributed by atoms with Gasteiger partial charge < -0.3 is 15.2 Å². The molecule has 0 bridgehead atoms. The molecule has 1 fully saturated rings. The first-order valence-corrected chi connectivity index (χ1v) is 9.95. The molecule has 2 amide bonds. The highest BCUT2D eigenvalue weighted by molar-refractivity contribution is 5.74. The summed E-state index contributed by atoms with van der Waals surface area (Å²) in [5.74, 6) is 0. The molecule has 1 saturated carbocycles. The molecule has 3 aromatic rings. The van der Waals surface area contributed by atoms with Crippen LogP contribution in [0.4, 0.5) is 4.79 Å². The molecular weight excluding hydrogens is 362 g/mol. The maximum absolute atomic E-state index is 12.2. The summed E-state index contributed by atoms with van der Waals surface area (Å²) in [5, 5.41) is 5.94. The van der Waals surface area contributed by atoms with E-state index in [1.807, 2.05) is 48.5 Å². The summed E-state index contributed by atoms with van der Waals surface area (Å²) < 4.78 is 1.67. The molecule has 0 spiro atoms. The zero-order chi connectivity index (χ0) is 20.1. The minimum Gasteiger partial charge on any atom is -0.337 e. The normalized spacial score (nSPS) is 14.2. The molecule has 0 saturated heterocycles. The van der Waals surface area contributed by atoms with Crippen molar-refractivity contribution in [1.29, 1.82) is 0 Å². The third-order valence-electron chi connectivity index (χ3n) is 5.56. The Hall–Kier alpha value is -3.34. The summed E-state index contributed by atoms with van der Waals surface area (Å²) in [6.07, 6.45) is 4.01. The molecule has 1 aliphatic carbocycles. The van der Waals surface area contributed by atoms with Crippen molar-refractivity contribution in [2.75, 3.05) is 6.54 Å². The van der Waals surface area contributed by atoms with E-state index < -0.39 is 0 Å². The molecule has 2 N–H and O–H groups in total. The van der Waals surface area contributed by atoms with E-state index in [-0.39, 0.29) is 17.0 Å². The molecule has 148 valence electrons. The van der Waals surface area contributed by atoms with Crippen molar-refractivity contribution in [2.24, 2.45) is 0 Å². The molecule has 5 nitrogen and oxygen atoms in total. The van der Waals surface area contributed by atoms with Gasteiger partial charge in [-0.05, 0) is 35.6 Å². The largest absolute Gasteiger partial charge is 0.337 e. The van der Waals surface area contributed by atoms with Crippen LogP contribution in [0.1, 0.15) is 29.5 Å². The van der Waals surface area contributed by atoms with E-state index in [0.717, 1.165) is 24.0 Å². The van der Waals surface area contributed by atoms with Gasteiger partial charge in [-0.1, -0.05) is 60.7 Å². The summed E-state index contributed by atoms with van der Waals surface area (Å²) in [6.45, 7) is 1.67. The first-order chi connectivity index (χ1) is 14.1. The van der Waals surface area contributed by atoms with Gasteiger partial charge in [0.05, 0.1) is 6.54 Å². The molecule has 1 heterocycles. The monoisotopic (exact) mass is 387 g/mol. The number of carbonyl (C=O) groups is 1. The summed E-state index contributed by atoms with van der Waals surface area (Å²) in [7, 11) is 0. The van der Waals surface area contributed by atoms with Crippen molar-refractivity contribution in [3.8, 4) is 0 Å². The van der Waals surface area contributed by atoms with Crippen LogP contribution in [0, 0.1) is 0 Å². The maximum Gasteiger partial charge on any atom is 0.315 e. The number of rotatable bonds is 7. The van der Waals surface area contributed by atoms with E-state index in [4.69, 9.17) is 0 Å². The molecule has 0 unspecified atom stereocenters. The van der Waals surface area contributed by atoms with Crippen LogP contribution in [0.3, 0.4) is 0 Å². The van der Waals surface area contributed by atoms with Gasteiger partial charge in [0.1, 0.15) is 0 Å². The lowest BCUT2D eigenvalue weighted by molar-refractivity contribution is 0.239. The van der Waals surface area contributed by atoms with Gasteiger partial charge in [-0.2, -0.15) is 0 Å². The lowest BCUT2D eigenvalue weighted by Gasteiger charge is -2.17. The molecule has 5 heteroatoms. The van der Waals surface area contributed by atoms with E-state index in [1.54, 1.807) is 22.9 Å². The Morgan fingerprint density at radius 2 is 1.55 bits per heavy atom. The number of urea groups is 1. The standard InChI is InChI=1S/C24H25N3O2/c28-22-8-4-5-15-27(22)17-20-11-9-19(10-12-20)16-25-23(29)26-18-24(13-14-24)21-6-2-1-3-7-21/h1-12,15H,13-14,16-18H2,(H2,25,26,29). The Kier molecular flexibility index (Phi) is 5.47. The fraction of sp³-hybridized carbons (Fsp3) is 0.250. The van der Waals surface area contributed by atoms with E-state index in [0.29, 0.717) is 19.6 Å². The molecule has 29 heavy (non-hydrogen) atoms. The molecular formula is C24H25N3O2. The van der Waals surface area contributed by atoms with E-state index >= 15 is 0 Å². The van der Waals surface area contributed by atoms with Gasteiger partial charge in [0.2, 0.25) is 0 Å². The van der Waals surface area contributed by atoms with Gasteiger partial charge in [0.25, 0.3) is 5.56 Å². The molecule has 2 aromatic carbocycles. The molecule has 1 aromatic heterocycles. The Balaban J connectivity index is 1.25. The quantitative estimate of drug-likeness (QED) is 0.652. The predicted octanol–water partition coefficient (Wildman–Crippen LogP) is 3.43. The van der Waals surface area contributed by atoms with Gasteiger partial charge >= 0.3 is 6.03 Å². The van der Waals surface area contributed by atoms with E-state index in [9.17, 15) is 9.59 Å². The minimum atomic E-state index is -0.146. The summed E-state index contributed by atoms with van der Waals surface area (Å²) in [5.41, 5.74) is 3.46. The Labute approximate surface area is 170 Å². The first kappa shape index (κ1) is 19.0. The highest BCUT2D eigenvalue weighted by Gasteiger charge is 2.44. The Morgan fingerprint density at radius 3 is 2.24 bits per heavy atom. The van der Waals surface area contributed by atoms with E-state index in [1.165, 1.54) is 5.56 Å². The minimum absolute atomic E-state index is 0.0150. The first-order valence-electron chi connectivity index (χ1n) is 9.95. The van der Waals surface area contributed by atoms with Crippen molar-refractivity contribution in [3.63, 3.8) is 0 Å². The number of amides is 2. The Bertz CT molecular complexity index is 1020.